The zero-order valence-corrected chi connectivity index (χ0v) is 21.3. The standard InChI is InChI=1S/C29H30ClN3O4/c30-24-13-8-11-22(17-24)20-32(28(34)19-23-12-4-7-16-26(23)33(36)37)27(18-21-9-2-1-3-10-21)29(35)31-25-14-5-6-15-25/h1-4,7-13,16-17,25,27H,5-6,14-15,18-20H2,(H,31,35). The first-order chi connectivity index (χ1) is 17.9. The highest BCUT2D eigenvalue weighted by Gasteiger charge is 2.33. The predicted octanol–water partition coefficient (Wildman–Crippen LogP) is 5.49. The molecule has 1 aliphatic carbocycles. The van der Waals surface area contributed by atoms with Gasteiger partial charge in [-0.2, -0.15) is 0 Å². The third-order valence-electron chi connectivity index (χ3n) is 6.74. The lowest BCUT2D eigenvalue weighted by Crippen LogP contribution is -2.52. The van der Waals surface area contributed by atoms with E-state index in [0.29, 0.717) is 17.0 Å². The van der Waals surface area contributed by atoms with Crippen LogP contribution in [0.4, 0.5) is 5.69 Å². The molecule has 0 radical (unpaired) electrons. The smallest absolute Gasteiger partial charge is 0.273 e. The van der Waals surface area contributed by atoms with Crippen LogP contribution in [-0.2, 0) is 29.0 Å². The van der Waals surface area contributed by atoms with E-state index in [1.54, 1.807) is 41.3 Å². The van der Waals surface area contributed by atoms with Gasteiger partial charge in [0.05, 0.1) is 11.3 Å². The normalized spacial score (nSPS) is 14.2. The maximum absolute atomic E-state index is 13.8. The predicted molar refractivity (Wildman–Crippen MR) is 143 cm³/mol. The molecule has 7 nitrogen and oxygen atoms in total. The van der Waals surface area contributed by atoms with E-state index in [1.165, 1.54) is 6.07 Å². The molecular weight excluding hydrogens is 490 g/mol. The largest absolute Gasteiger partial charge is 0.352 e. The van der Waals surface area contributed by atoms with E-state index in [4.69, 9.17) is 11.6 Å². The van der Waals surface area contributed by atoms with Crippen LogP contribution in [0.5, 0.6) is 0 Å². The number of nitro groups is 1. The van der Waals surface area contributed by atoms with E-state index in [9.17, 15) is 19.7 Å². The Kier molecular flexibility index (Phi) is 8.90. The fourth-order valence-corrected chi connectivity index (χ4v) is 5.07. The van der Waals surface area contributed by atoms with Crippen molar-refractivity contribution in [3.05, 3.63) is 111 Å². The monoisotopic (exact) mass is 519 g/mol. The van der Waals surface area contributed by atoms with E-state index in [1.807, 2.05) is 36.4 Å². The second-order valence-electron chi connectivity index (χ2n) is 9.41. The molecule has 1 fully saturated rings. The van der Waals surface area contributed by atoms with Crippen molar-refractivity contribution >= 4 is 29.1 Å². The van der Waals surface area contributed by atoms with Gasteiger partial charge in [-0.1, -0.05) is 85.1 Å². The molecule has 0 aliphatic heterocycles. The van der Waals surface area contributed by atoms with Gasteiger partial charge in [0.15, 0.2) is 0 Å². The summed E-state index contributed by atoms with van der Waals surface area (Å²) in [5.74, 6) is -0.578. The molecule has 3 aromatic rings. The van der Waals surface area contributed by atoms with Gasteiger partial charge in [0, 0.05) is 35.7 Å². The molecular formula is C29H30ClN3O4. The number of nitrogens with one attached hydrogen (secondary N) is 1. The lowest BCUT2D eigenvalue weighted by atomic mass is 10.0. The van der Waals surface area contributed by atoms with E-state index in [0.717, 1.165) is 36.8 Å². The summed E-state index contributed by atoms with van der Waals surface area (Å²) >= 11 is 6.22. The van der Waals surface area contributed by atoms with Crippen LogP contribution in [0, 0.1) is 10.1 Å². The molecule has 37 heavy (non-hydrogen) atoms. The minimum absolute atomic E-state index is 0.0871. The molecule has 2 amide bonds. The van der Waals surface area contributed by atoms with Crippen molar-refractivity contribution in [3.63, 3.8) is 0 Å². The van der Waals surface area contributed by atoms with Gasteiger partial charge >= 0.3 is 0 Å². The number of para-hydroxylation sites is 1. The van der Waals surface area contributed by atoms with Crippen LogP contribution in [0.15, 0.2) is 78.9 Å². The van der Waals surface area contributed by atoms with Gasteiger partial charge in [-0.3, -0.25) is 19.7 Å². The minimum atomic E-state index is -0.794. The number of carbonyl (C=O) groups excluding carboxylic acids is 2. The fourth-order valence-electron chi connectivity index (χ4n) is 4.86. The number of carbonyl (C=O) groups is 2. The van der Waals surface area contributed by atoms with Crippen molar-refractivity contribution in [3.8, 4) is 0 Å². The van der Waals surface area contributed by atoms with Crippen LogP contribution in [0.25, 0.3) is 0 Å². The quantitative estimate of drug-likeness (QED) is 0.283. The molecule has 192 valence electrons. The van der Waals surface area contributed by atoms with E-state index in [-0.39, 0.29) is 36.5 Å². The van der Waals surface area contributed by atoms with Gasteiger partial charge in [0.25, 0.3) is 5.69 Å². The maximum Gasteiger partial charge on any atom is 0.273 e. The molecule has 0 aromatic heterocycles. The molecule has 4 rings (SSSR count). The SMILES string of the molecule is O=C(NC1CCCC1)C(Cc1ccccc1)N(Cc1cccc(Cl)c1)C(=O)Cc1ccccc1[N+](=O)[O-]. The molecule has 0 spiro atoms. The van der Waals surface area contributed by atoms with Crippen molar-refractivity contribution in [2.75, 3.05) is 0 Å². The lowest BCUT2D eigenvalue weighted by Gasteiger charge is -2.32. The van der Waals surface area contributed by atoms with Crippen molar-refractivity contribution in [2.45, 2.75) is 57.2 Å². The number of benzene rings is 3. The Balaban J connectivity index is 1.69. The van der Waals surface area contributed by atoms with E-state index < -0.39 is 11.0 Å². The first-order valence-corrected chi connectivity index (χ1v) is 12.9. The van der Waals surface area contributed by atoms with Crippen LogP contribution in [0.3, 0.4) is 0 Å². The molecule has 8 heteroatoms. The van der Waals surface area contributed by atoms with Crippen molar-refractivity contribution < 1.29 is 14.5 Å². The van der Waals surface area contributed by atoms with Crippen molar-refractivity contribution in [2.24, 2.45) is 0 Å². The highest BCUT2D eigenvalue weighted by atomic mass is 35.5. The topological polar surface area (TPSA) is 92.6 Å². The second kappa shape index (κ2) is 12.5. The van der Waals surface area contributed by atoms with Gasteiger partial charge in [-0.05, 0) is 36.1 Å². The Labute approximate surface area is 221 Å². The average Bonchev–Trinajstić information content (AvgIpc) is 3.40. The van der Waals surface area contributed by atoms with Crippen molar-refractivity contribution in [1.82, 2.24) is 10.2 Å². The summed E-state index contributed by atoms with van der Waals surface area (Å²) in [6.07, 6.45) is 4.10. The number of hydrogen-bond donors (Lipinski definition) is 1. The maximum atomic E-state index is 13.8. The van der Waals surface area contributed by atoms with Gasteiger partial charge < -0.3 is 10.2 Å². The molecule has 1 unspecified atom stereocenters. The third kappa shape index (κ3) is 7.17. The summed E-state index contributed by atoms with van der Waals surface area (Å²) in [5.41, 5.74) is 1.88. The van der Waals surface area contributed by atoms with E-state index in [2.05, 4.69) is 5.32 Å². The van der Waals surface area contributed by atoms with Gasteiger partial charge in [-0.15, -0.1) is 0 Å². The van der Waals surface area contributed by atoms with Crippen LogP contribution in [0.2, 0.25) is 5.02 Å². The molecule has 1 aliphatic rings. The number of amides is 2. The fraction of sp³-hybridized carbons (Fsp3) is 0.310. The number of rotatable bonds is 10. The molecule has 1 saturated carbocycles. The van der Waals surface area contributed by atoms with Crippen LogP contribution < -0.4 is 5.32 Å². The lowest BCUT2D eigenvalue weighted by molar-refractivity contribution is -0.385. The first-order valence-electron chi connectivity index (χ1n) is 12.5. The van der Waals surface area contributed by atoms with Gasteiger partial charge in [0.2, 0.25) is 11.8 Å². The molecule has 1 atom stereocenters. The zero-order valence-electron chi connectivity index (χ0n) is 20.5. The summed E-state index contributed by atoms with van der Waals surface area (Å²) in [5, 5.41) is 15.3. The van der Waals surface area contributed by atoms with Crippen LogP contribution in [-0.4, -0.2) is 33.7 Å². The Hall–Kier alpha value is -3.71. The summed E-state index contributed by atoms with van der Waals surface area (Å²) in [6.45, 7) is 0.148. The Morgan fingerprint density at radius 1 is 0.973 bits per heavy atom. The third-order valence-corrected chi connectivity index (χ3v) is 6.98. The minimum Gasteiger partial charge on any atom is -0.352 e. The molecule has 0 heterocycles. The van der Waals surface area contributed by atoms with Crippen LogP contribution >= 0.6 is 11.6 Å². The van der Waals surface area contributed by atoms with Crippen LogP contribution in [0.1, 0.15) is 42.4 Å². The number of nitrogens with zero attached hydrogens (tertiary/aromatic N) is 2. The van der Waals surface area contributed by atoms with E-state index >= 15 is 0 Å². The number of halogens is 1. The van der Waals surface area contributed by atoms with Gasteiger partial charge in [0.1, 0.15) is 6.04 Å². The molecule has 1 N–H and O–H groups in total. The Bertz CT molecular complexity index is 1240. The summed E-state index contributed by atoms with van der Waals surface area (Å²) < 4.78 is 0. The summed E-state index contributed by atoms with van der Waals surface area (Å²) in [7, 11) is 0. The molecule has 0 saturated heterocycles. The molecule has 3 aromatic carbocycles. The summed E-state index contributed by atoms with van der Waals surface area (Å²) in [6, 6.07) is 22.2. The van der Waals surface area contributed by atoms with Crippen molar-refractivity contribution in [1.29, 1.82) is 0 Å². The summed E-state index contributed by atoms with van der Waals surface area (Å²) in [4.78, 5) is 40.2. The zero-order chi connectivity index (χ0) is 26.2. The first kappa shape index (κ1) is 26.4. The van der Waals surface area contributed by atoms with Gasteiger partial charge in [-0.25, -0.2) is 0 Å². The second-order valence-corrected chi connectivity index (χ2v) is 9.85. The Morgan fingerprint density at radius 3 is 2.35 bits per heavy atom. The average molecular weight is 520 g/mol. The molecule has 0 bridgehead atoms. The highest BCUT2D eigenvalue weighted by Crippen LogP contribution is 2.23. The number of nitro benzene ring substituents is 1. The highest BCUT2D eigenvalue weighted by molar-refractivity contribution is 6.30. The Morgan fingerprint density at radius 2 is 1.65 bits per heavy atom. The number of hydrogen-bond acceptors (Lipinski definition) is 4.